The van der Waals surface area contributed by atoms with E-state index >= 15 is 0 Å². The van der Waals surface area contributed by atoms with Gasteiger partial charge in [-0.25, -0.2) is 4.98 Å². The van der Waals surface area contributed by atoms with E-state index in [9.17, 15) is 0 Å². The van der Waals surface area contributed by atoms with Crippen molar-refractivity contribution in [1.29, 1.82) is 0 Å². The summed E-state index contributed by atoms with van der Waals surface area (Å²) in [5, 5.41) is 3.80. The van der Waals surface area contributed by atoms with E-state index in [2.05, 4.69) is 20.1 Å². The SMILES string of the molecule is CC(N)Cc1nc(-c2cnccn2)no1. The molecule has 2 rings (SSSR count). The summed E-state index contributed by atoms with van der Waals surface area (Å²) in [7, 11) is 0. The molecule has 0 aliphatic carbocycles. The van der Waals surface area contributed by atoms with Crippen molar-refractivity contribution in [3.05, 3.63) is 24.5 Å². The molecule has 0 aromatic carbocycles. The maximum absolute atomic E-state index is 5.62. The van der Waals surface area contributed by atoms with Crippen LogP contribution in [0.15, 0.2) is 23.1 Å². The highest BCUT2D eigenvalue weighted by Crippen LogP contribution is 2.11. The Morgan fingerprint density at radius 1 is 1.47 bits per heavy atom. The Hall–Kier alpha value is -1.82. The minimum absolute atomic E-state index is 0.000146. The summed E-state index contributed by atoms with van der Waals surface area (Å²) < 4.78 is 5.02. The van der Waals surface area contributed by atoms with E-state index in [1.54, 1.807) is 18.6 Å². The van der Waals surface area contributed by atoms with Gasteiger partial charge in [-0.15, -0.1) is 0 Å². The third kappa shape index (κ3) is 2.35. The lowest BCUT2D eigenvalue weighted by Crippen LogP contribution is -2.17. The van der Waals surface area contributed by atoms with Gasteiger partial charge in [-0.05, 0) is 6.92 Å². The molecule has 15 heavy (non-hydrogen) atoms. The summed E-state index contributed by atoms with van der Waals surface area (Å²) in [6, 6.07) is 0.000146. The third-order valence-electron chi connectivity index (χ3n) is 1.76. The highest BCUT2D eigenvalue weighted by Gasteiger charge is 2.10. The zero-order valence-corrected chi connectivity index (χ0v) is 8.29. The number of nitrogens with zero attached hydrogens (tertiary/aromatic N) is 4. The molecular weight excluding hydrogens is 194 g/mol. The molecule has 0 fully saturated rings. The standard InChI is InChI=1S/C9H11N5O/c1-6(10)4-8-13-9(14-15-8)7-5-11-2-3-12-7/h2-3,5-6H,4,10H2,1H3. The van der Waals surface area contributed by atoms with E-state index < -0.39 is 0 Å². The zero-order valence-electron chi connectivity index (χ0n) is 8.29. The van der Waals surface area contributed by atoms with Crippen LogP contribution in [0.2, 0.25) is 0 Å². The lowest BCUT2D eigenvalue weighted by atomic mass is 10.2. The molecule has 6 heteroatoms. The van der Waals surface area contributed by atoms with E-state index in [1.165, 1.54) is 0 Å². The first-order valence-corrected chi connectivity index (χ1v) is 4.60. The van der Waals surface area contributed by atoms with Gasteiger partial charge in [-0.1, -0.05) is 5.16 Å². The Morgan fingerprint density at radius 3 is 3.00 bits per heavy atom. The molecule has 0 spiro atoms. The molecule has 2 N–H and O–H groups in total. The van der Waals surface area contributed by atoms with Crippen LogP contribution in [-0.4, -0.2) is 26.2 Å². The molecule has 1 unspecified atom stereocenters. The van der Waals surface area contributed by atoms with Crippen LogP contribution in [-0.2, 0) is 6.42 Å². The molecule has 1 atom stereocenters. The highest BCUT2D eigenvalue weighted by atomic mass is 16.5. The largest absolute Gasteiger partial charge is 0.339 e. The first kappa shape index (κ1) is 9.72. The molecule has 78 valence electrons. The third-order valence-corrected chi connectivity index (χ3v) is 1.76. The summed E-state index contributed by atoms with van der Waals surface area (Å²) in [6.07, 6.45) is 5.32. The second-order valence-electron chi connectivity index (χ2n) is 3.28. The van der Waals surface area contributed by atoms with Gasteiger partial charge < -0.3 is 10.3 Å². The average molecular weight is 205 g/mol. The second kappa shape index (κ2) is 4.14. The van der Waals surface area contributed by atoms with E-state index in [0.29, 0.717) is 23.8 Å². The van der Waals surface area contributed by atoms with Gasteiger partial charge in [-0.2, -0.15) is 4.98 Å². The van der Waals surface area contributed by atoms with Crippen molar-refractivity contribution < 1.29 is 4.52 Å². The Balaban J connectivity index is 2.21. The van der Waals surface area contributed by atoms with Gasteiger partial charge in [0.05, 0.1) is 6.20 Å². The van der Waals surface area contributed by atoms with Crippen LogP contribution in [0.25, 0.3) is 11.5 Å². The van der Waals surface area contributed by atoms with E-state index in [4.69, 9.17) is 10.3 Å². The van der Waals surface area contributed by atoms with Crippen LogP contribution >= 0.6 is 0 Å². The number of hydrogen-bond acceptors (Lipinski definition) is 6. The smallest absolute Gasteiger partial charge is 0.228 e. The van der Waals surface area contributed by atoms with Crippen LogP contribution in [0.5, 0.6) is 0 Å². The maximum atomic E-state index is 5.62. The number of aromatic nitrogens is 4. The molecule has 2 aromatic rings. The lowest BCUT2D eigenvalue weighted by Gasteiger charge is -1.96. The summed E-state index contributed by atoms with van der Waals surface area (Å²) in [5.74, 6) is 0.962. The van der Waals surface area contributed by atoms with E-state index in [-0.39, 0.29) is 6.04 Å². The molecule has 0 aliphatic rings. The molecule has 0 saturated carbocycles. The fourth-order valence-corrected chi connectivity index (χ4v) is 1.13. The van der Waals surface area contributed by atoms with Gasteiger partial charge >= 0.3 is 0 Å². The fourth-order valence-electron chi connectivity index (χ4n) is 1.13. The summed E-state index contributed by atoms with van der Waals surface area (Å²) in [4.78, 5) is 12.1. The van der Waals surface area contributed by atoms with Gasteiger partial charge in [-0.3, -0.25) is 4.98 Å². The van der Waals surface area contributed by atoms with Crippen LogP contribution in [0, 0.1) is 0 Å². The molecule has 0 saturated heterocycles. The Bertz CT molecular complexity index is 425. The Morgan fingerprint density at radius 2 is 2.33 bits per heavy atom. The Labute approximate surface area is 86.5 Å². The van der Waals surface area contributed by atoms with Gasteiger partial charge in [0.15, 0.2) is 0 Å². The normalized spacial score (nSPS) is 12.7. The highest BCUT2D eigenvalue weighted by molar-refractivity contribution is 5.45. The van der Waals surface area contributed by atoms with Crippen molar-refractivity contribution in [3.63, 3.8) is 0 Å². The van der Waals surface area contributed by atoms with Gasteiger partial charge in [0.2, 0.25) is 11.7 Å². The van der Waals surface area contributed by atoms with Gasteiger partial charge in [0.1, 0.15) is 5.69 Å². The van der Waals surface area contributed by atoms with Gasteiger partial charge in [0, 0.05) is 24.9 Å². The first-order chi connectivity index (χ1) is 7.25. The second-order valence-corrected chi connectivity index (χ2v) is 3.28. The van der Waals surface area contributed by atoms with Crippen molar-refractivity contribution in [2.75, 3.05) is 0 Å². The minimum Gasteiger partial charge on any atom is -0.339 e. The van der Waals surface area contributed by atoms with Crippen LogP contribution in [0.1, 0.15) is 12.8 Å². The van der Waals surface area contributed by atoms with Crippen molar-refractivity contribution in [2.45, 2.75) is 19.4 Å². The monoisotopic (exact) mass is 205 g/mol. The molecular formula is C9H11N5O. The predicted molar refractivity (Wildman–Crippen MR) is 52.7 cm³/mol. The molecule has 0 amide bonds. The minimum atomic E-state index is 0.000146. The molecule has 2 aromatic heterocycles. The molecule has 2 heterocycles. The lowest BCUT2D eigenvalue weighted by molar-refractivity contribution is 0.372. The number of rotatable bonds is 3. The molecule has 6 nitrogen and oxygen atoms in total. The first-order valence-electron chi connectivity index (χ1n) is 4.60. The fraction of sp³-hybridized carbons (Fsp3) is 0.333. The van der Waals surface area contributed by atoms with Crippen LogP contribution in [0.3, 0.4) is 0 Å². The zero-order chi connectivity index (χ0) is 10.7. The molecule has 0 aliphatic heterocycles. The summed E-state index contributed by atoms with van der Waals surface area (Å²) >= 11 is 0. The van der Waals surface area contributed by atoms with Crippen molar-refractivity contribution in [2.24, 2.45) is 5.73 Å². The van der Waals surface area contributed by atoms with Crippen LogP contribution in [0.4, 0.5) is 0 Å². The molecule has 0 bridgehead atoms. The van der Waals surface area contributed by atoms with Crippen molar-refractivity contribution >= 4 is 0 Å². The molecule has 0 radical (unpaired) electrons. The number of hydrogen-bond donors (Lipinski definition) is 1. The van der Waals surface area contributed by atoms with E-state index in [0.717, 1.165) is 0 Å². The Kier molecular flexibility index (Phi) is 2.68. The summed E-state index contributed by atoms with van der Waals surface area (Å²) in [5.41, 5.74) is 6.21. The maximum Gasteiger partial charge on any atom is 0.228 e. The van der Waals surface area contributed by atoms with Gasteiger partial charge in [0.25, 0.3) is 0 Å². The summed E-state index contributed by atoms with van der Waals surface area (Å²) in [6.45, 7) is 1.88. The van der Waals surface area contributed by atoms with Crippen LogP contribution < -0.4 is 5.73 Å². The average Bonchev–Trinajstić information content (AvgIpc) is 2.67. The predicted octanol–water partition coefficient (Wildman–Crippen LogP) is 0.416. The quantitative estimate of drug-likeness (QED) is 0.780. The topological polar surface area (TPSA) is 90.7 Å². The van der Waals surface area contributed by atoms with Crippen molar-refractivity contribution in [3.8, 4) is 11.5 Å². The van der Waals surface area contributed by atoms with E-state index in [1.807, 2.05) is 6.92 Å². The van der Waals surface area contributed by atoms with Crippen molar-refractivity contribution in [1.82, 2.24) is 20.1 Å². The number of nitrogens with two attached hydrogens (primary N) is 1.